The first kappa shape index (κ1) is 35.3. The number of Topliss-reactive ketones (excluding diaryl/α,β-unsaturated/α-hetero) is 1. The van der Waals surface area contributed by atoms with E-state index in [-0.39, 0.29) is 29.8 Å². The Bertz CT molecular complexity index is 1390. The average Bonchev–Trinajstić information content (AvgIpc) is 3.60. The van der Waals surface area contributed by atoms with Gasteiger partial charge >= 0.3 is 0 Å². The van der Waals surface area contributed by atoms with E-state index in [4.69, 9.17) is 0 Å². The number of carbonyl (C=O) groups is 6. The van der Waals surface area contributed by atoms with Crippen LogP contribution in [0.1, 0.15) is 98.0 Å². The molecule has 262 valence electrons. The Morgan fingerprint density at radius 1 is 0.938 bits per heavy atom. The fraction of sp³-hybridized carbons (Fsp3) is 0.667. The van der Waals surface area contributed by atoms with Gasteiger partial charge in [0.2, 0.25) is 29.4 Å². The Hall–Kier alpha value is -3.96. The molecule has 2 saturated carbocycles. The third-order valence-corrected chi connectivity index (χ3v) is 10.2. The fourth-order valence-electron chi connectivity index (χ4n) is 7.38. The number of rotatable bonds is 12. The lowest BCUT2D eigenvalue weighted by molar-refractivity contribution is -0.147. The molecule has 4 aliphatic rings. The van der Waals surface area contributed by atoms with Crippen molar-refractivity contribution in [2.24, 2.45) is 11.3 Å². The number of fused-ring (bicyclic) bond motifs is 2. The summed E-state index contributed by atoms with van der Waals surface area (Å²) in [5.74, 6) is -2.85. The number of likely N-dealkylation sites (tertiary alicyclic amines) is 1. The molecular formula is C36H52N6O6. The Morgan fingerprint density at radius 2 is 1.65 bits per heavy atom. The summed E-state index contributed by atoms with van der Waals surface area (Å²) in [5, 5.41) is 14.5. The minimum Gasteiger partial charge on any atom is -0.373 e. The van der Waals surface area contributed by atoms with E-state index in [0.717, 1.165) is 49.8 Å². The van der Waals surface area contributed by atoms with Gasteiger partial charge in [-0.05, 0) is 68.4 Å². The van der Waals surface area contributed by atoms with Crippen molar-refractivity contribution in [3.63, 3.8) is 0 Å². The van der Waals surface area contributed by atoms with E-state index in [1.807, 2.05) is 52.0 Å². The van der Waals surface area contributed by atoms with Crippen LogP contribution in [0.15, 0.2) is 24.3 Å². The molecule has 48 heavy (non-hydrogen) atoms. The minimum absolute atomic E-state index is 0.0163. The molecule has 3 fully saturated rings. The third-order valence-electron chi connectivity index (χ3n) is 10.2. The zero-order chi connectivity index (χ0) is 34.7. The highest BCUT2D eigenvalue weighted by molar-refractivity contribution is 6.38. The number of amides is 5. The molecule has 5 amide bonds. The van der Waals surface area contributed by atoms with Crippen LogP contribution in [-0.4, -0.2) is 82.5 Å². The summed E-state index contributed by atoms with van der Waals surface area (Å²) in [4.78, 5) is 82.5. The maximum Gasteiger partial charge on any atom is 0.289 e. The summed E-state index contributed by atoms with van der Waals surface area (Å²) in [7, 11) is 0. The molecule has 0 unspecified atom stereocenters. The van der Waals surface area contributed by atoms with E-state index in [1.165, 1.54) is 0 Å². The molecule has 0 aromatic heterocycles. The van der Waals surface area contributed by atoms with Crippen molar-refractivity contribution in [1.29, 1.82) is 0 Å². The minimum atomic E-state index is -0.981. The zero-order valence-electron chi connectivity index (χ0n) is 28.9. The first-order chi connectivity index (χ1) is 22.8. The zero-order valence-corrected chi connectivity index (χ0v) is 28.9. The van der Waals surface area contributed by atoms with Gasteiger partial charge in [-0.1, -0.05) is 65.2 Å². The second-order valence-electron chi connectivity index (χ2n) is 15.2. The smallest absolute Gasteiger partial charge is 0.289 e. The van der Waals surface area contributed by atoms with E-state index in [1.54, 1.807) is 11.8 Å². The molecule has 5 rings (SSSR count). The maximum absolute atomic E-state index is 14.6. The fourth-order valence-corrected chi connectivity index (χ4v) is 7.38. The van der Waals surface area contributed by atoms with Gasteiger partial charge < -0.3 is 31.5 Å². The van der Waals surface area contributed by atoms with E-state index in [9.17, 15) is 28.8 Å². The molecule has 2 aliphatic carbocycles. The second-order valence-corrected chi connectivity index (χ2v) is 15.2. The quantitative estimate of drug-likeness (QED) is 0.214. The summed E-state index contributed by atoms with van der Waals surface area (Å²) in [6.45, 7) is 9.05. The largest absolute Gasteiger partial charge is 0.373 e. The molecule has 2 heterocycles. The number of hydrogen-bond acceptors (Lipinski definition) is 7. The van der Waals surface area contributed by atoms with Crippen molar-refractivity contribution in [1.82, 2.24) is 26.2 Å². The molecule has 2 aliphatic heterocycles. The molecular weight excluding hydrogens is 612 g/mol. The molecule has 1 aromatic rings. The summed E-state index contributed by atoms with van der Waals surface area (Å²) >= 11 is 0. The lowest BCUT2D eigenvalue weighted by Gasteiger charge is -2.40. The van der Waals surface area contributed by atoms with Gasteiger partial charge in [-0.2, -0.15) is 0 Å². The second kappa shape index (κ2) is 14.7. The van der Waals surface area contributed by atoms with E-state index < -0.39 is 59.1 Å². The highest BCUT2D eigenvalue weighted by Gasteiger charge is 2.51. The number of hydrogen-bond donors (Lipinski definition) is 5. The van der Waals surface area contributed by atoms with Gasteiger partial charge in [-0.15, -0.1) is 0 Å². The van der Waals surface area contributed by atoms with Gasteiger partial charge in [0.25, 0.3) is 5.91 Å². The van der Waals surface area contributed by atoms with Crippen LogP contribution in [0.5, 0.6) is 0 Å². The molecule has 0 bridgehead atoms. The van der Waals surface area contributed by atoms with Crippen LogP contribution in [0, 0.1) is 11.3 Å². The molecule has 5 N–H and O–H groups in total. The Kier molecular flexibility index (Phi) is 10.8. The first-order valence-electron chi connectivity index (χ1n) is 17.7. The van der Waals surface area contributed by atoms with Crippen molar-refractivity contribution in [2.75, 3.05) is 5.32 Å². The number of anilines is 1. The molecule has 12 heteroatoms. The molecule has 0 spiro atoms. The van der Waals surface area contributed by atoms with Crippen LogP contribution in [0.25, 0.3) is 0 Å². The predicted molar refractivity (Wildman–Crippen MR) is 181 cm³/mol. The first-order valence-corrected chi connectivity index (χ1v) is 17.7. The van der Waals surface area contributed by atoms with E-state index >= 15 is 0 Å². The number of para-hydroxylation sites is 1. The van der Waals surface area contributed by atoms with Crippen LogP contribution < -0.4 is 26.6 Å². The van der Waals surface area contributed by atoms with E-state index in [0.29, 0.717) is 25.7 Å². The third kappa shape index (κ3) is 8.01. The Labute approximate surface area is 283 Å². The molecule has 7 atom stereocenters. The van der Waals surface area contributed by atoms with Crippen LogP contribution in [-0.2, 0) is 35.2 Å². The maximum atomic E-state index is 14.6. The normalized spacial score (nSPS) is 25.0. The SMILES string of the molecule is CCC[C@H](NC(=O)[C@@H]1C[C@@H]2CCCC[C@@H]2N1C(=O)[C@@H](NC(=O)[C@H](C)NC(=O)[C@@H]1Cc2ccccc2N1)C(C)(C)C)C(=O)C(=O)NC1CC1. The summed E-state index contributed by atoms with van der Waals surface area (Å²) in [6.07, 6.45) is 7.10. The van der Waals surface area contributed by atoms with Gasteiger partial charge in [0.05, 0.1) is 6.04 Å². The topological polar surface area (TPSA) is 166 Å². The molecule has 12 nitrogen and oxygen atoms in total. The monoisotopic (exact) mass is 664 g/mol. The highest BCUT2D eigenvalue weighted by atomic mass is 16.2. The standard InChI is InChI=1S/C36H52N6O6/c1-6-11-25(29(43)34(47)38-23-16-17-23)40-33(46)28-19-22-13-8-10-15-27(22)42(28)35(48)30(36(3,4)5)41-31(44)20(2)37-32(45)26-18-21-12-7-9-14-24(21)39-26/h7,9,12,14,20,22-23,25-28,30,39H,6,8,10-11,13,15-19H2,1-5H3,(H,37,45)(H,38,47)(H,40,46)(H,41,44)/t20-,22-,25-,26-,27-,28-,30+/m0/s1. The van der Waals surface area contributed by atoms with Gasteiger partial charge in [-0.3, -0.25) is 28.8 Å². The lowest BCUT2D eigenvalue weighted by Crippen LogP contribution is -2.62. The van der Waals surface area contributed by atoms with Crippen molar-refractivity contribution < 1.29 is 28.8 Å². The number of benzene rings is 1. The van der Waals surface area contributed by atoms with Crippen LogP contribution >= 0.6 is 0 Å². The van der Waals surface area contributed by atoms with Gasteiger partial charge in [0.1, 0.15) is 24.2 Å². The van der Waals surface area contributed by atoms with Crippen molar-refractivity contribution in [2.45, 2.75) is 141 Å². The molecule has 1 aromatic carbocycles. The number of carbonyl (C=O) groups excluding carboxylic acids is 6. The van der Waals surface area contributed by atoms with Gasteiger partial charge in [0, 0.05) is 24.2 Å². The Balaban J connectivity index is 1.29. The number of nitrogens with zero attached hydrogens (tertiary/aromatic N) is 1. The number of nitrogens with one attached hydrogen (secondary N) is 5. The van der Waals surface area contributed by atoms with Crippen molar-refractivity contribution in [3.05, 3.63) is 29.8 Å². The number of ketones is 1. The summed E-state index contributed by atoms with van der Waals surface area (Å²) in [5.41, 5.74) is 1.20. The van der Waals surface area contributed by atoms with Crippen LogP contribution in [0.3, 0.4) is 0 Å². The van der Waals surface area contributed by atoms with Gasteiger partial charge in [0.15, 0.2) is 0 Å². The molecule has 1 saturated heterocycles. The highest BCUT2D eigenvalue weighted by Crippen LogP contribution is 2.41. The van der Waals surface area contributed by atoms with Crippen molar-refractivity contribution in [3.8, 4) is 0 Å². The lowest BCUT2D eigenvalue weighted by atomic mass is 9.83. The van der Waals surface area contributed by atoms with Crippen LogP contribution in [0.2, 0.25) is 0 Å². The Morgan fingerprint density at radius 3 is 2.31 bits per heavy atom. The molecule has 0 radical (unpaired) electrons. The van der Waals surface area contributed by atoms with Gasteiger partial charge in [-0.25, -0.2) is 0 Å². The van der Waals surface area contributed by atoms with E-state index in [2.05, 4.69) is 26.6 Å². The van der Waals surface area contributed by atoms with Crippen molar-refractivity contribution >= 4 is 41.0 Å². The summed E-state index contributed by atoms with van der Waals surface area (Å²) in [6, 6.07) is 3.32. The van der Waals surface area contributed by atoms with Crippen LogP contribution in [0.4, 0.5) is 5.69 Å². The summed E-state index contributed by atoms with van der Waals surface area (Å²) < 4.78 is 0. The average molecular weight is 665 g/mol. The predicted octanol–water partition coefficient (Wildman–Crippen LogP) is 2.35.